The fourth-order valence-electron chi connectivity index (χ4n) is 2.68. The number of nitrogens with one attached hydrogen (secondary N) is 2. The second kappa shape index (κ2) is 5.60. The van der Waals surface area contributed by atoms with Crippen molar-refractivity contribution in [1.29, 1.82) is 0 Å². The maximum Gasteiger partial charge on any atom is 0.246 e. The van der Waals surface area contributed by atoms with Crippen molar-refractivity contribution >= 4 is 17.3 Å². The standard InChI is InChI=1S/C18H20N2O/c1-12-7-9-15(11-13(12)2)19-18(21)17-10-8-14-5-3-4-6-16(14)20-17/h3-7,9,11,17,20H,8,10H2,1-2H3,(H,19,21). The molecular weight excluding hydrogens is 260 g/mol. The Morgan fingerprint density at radius 1 is 1.14 bits per heavy atom. The molecule has 1 unspecified atom stereocenters. The molecule has 0 bridgehead atoms. The summed E-state index contributed by atoms with van der Waals surface area (Å²) in [6.07, 6.45) is 1.77. The number of fused-ring (bicyclic) bond motifs is 1. The first-order chi connectivity index (χ1) is 10.1. The molecule has 3 nitrogen and oxygen atoms in total. The van der Waals surface area contributed by atoms with E-state index in [1.165, 1.54) is 16.7 Å². The minimum Gasteiger partial charge on any atom is -0.373 e. The quantitative estimate of drug-likeness (QED) is 0.881. The topological polar surface area (TPSA) is 41.1 Å². The van der Waals surface area contributed by atoms with Crippen LogP contribution >= 0.6 is 0 Å². The first kappa shape index (κ1) is 13.7. The van der Waals surface area contributed by atoms with Gasteiger partial charge in [0.1, 0.15) is 6.04 Å². The lowest BCUT2D eigenvalue weighted by Gasteiger charge is -2.26. The van der Waals surface area contributed by atoms with E-state index in [-0.39, 0.29) is 11.9 Å². The summed E-state index contributed by atoms with van der Waals surface area (Å²) in [5.74, 6) is 0.0350. The Balaban J connectivity index is 1.70. The number of rotatable bonds is 2. The Morgan fingerprint density at radius 3 is 2.76 bits per heavy atom. The van der Waals surface area contributed by atoms with Gasteiger partial charge in [0, 0.05) is 11.4 Å². The van der Waals surface area contributed by atoms with Gasteiger partial charge in [0.05, 0.1) is 0 Å². The molecule has 21 heavy (non-hydrogen) atoms. The largest absolute Gasteiger partial charge is 0.373 e. The highest BCUT2D eigenvalue weighted by Crippen LogP contribution is 2.25. The van der Waals surface area contributed by atoms with Crippen LogP contribution in [0.5, 0.6) is 0 Å². The summed E-state index contributed by atoms with van der Waals surface area (Å²) in [4.78, 5) is 12.4. The zero-order valence-electron chi connectivity index (χ0n) is 12.4. The minimum absolute atomic E-state index is 0.0350. The van der Waals surface area contributed by atoms with Crippen LogP contribution in [0.4, 0.5) is 11.4 Å². The van der Waals surface area contributed by atoms with Gasteiger partial charge >= 0.3 is 0 Å². The Hall–Kier alpha value is -2.29. The maximum absolute atomic E-state index is 12.4. The average Bonchev–Trinajstić information content (AvgIpc) is 2.50. The van der Waals surface area contributed by atoms with Crippen LogP contribution in [0.25, 0.3) is 0 Å². The van der Waals surface area contributed by atoms with Gasteiger partial charge in [0.15, 0.2) is 0 Å². The number of benzene rings is 2. The molecule has 1 atom stereocenters. The summed E-state index contributed by atoms with van der Waals surface area (Å²) < 4.78 is 0. The molecule has 2 aromatic carbocycles. The van der Waals surface area contributed by atoms with Crippen LogP contribution < -0.4 is 10.6 Å². The van der Waals surface area contributed by atoms with Crippen LogP contribution in [-0.4, -0.2) is 11.9 Å². The van der Waals surface area contributed by atoms with E-state index in [0.717, 1.165) is 24.2 Å². The number of aryl methyl sites for hydroxylation is 3. The van der Waals surface area contributed by atoms with Crippen LogP contribution in [0.3, 0.4) is 0 Å². The number of carbonyl (C=O) groups is 1. The Labute approximate surface area is 125 Å². The molecule has 0 spiro atoms. The van der Waals surface area contributed by atoms with Crippen LogP contribution in [0, 0.1) is 13.8 Å². The Kier molecular flexibility index (Phi) is 3.65. The van der Waals surface area contributed by atoms with Crippen molar-refractivity contribution < 1.29 is 4.79 Å². The molecule has 0 fully saturated rings. The van der Waals surface area contributed by atoms with Gasteiger partial charge in [-0.15, -0.1) is 0 Å². The van der Waals surface area contributed by atoms with Crippen LogP contribution in [0.15, 0.2) is 42.5 Å². The van der Waals surface area contributed by atoms with Crippen LogP contribution in [-0.2, 0) is 11.2 Å². The number of hydrogen-bond acceptors (Lipinski definition) is 2. The highest BCUT2D eigenvalue weighted by atomic mass is 16.2. The number of carbonyl (C=O) groups excluding carboxylic acids is 1. The van der Waals surface area contributed by atoms with Crippen molar-refractivity contribution in [3.8, 4) is 0 Å². The molecular formula is C18H20N2O. The summed E-state index contributed by atoms with van der Waals surface area (Å²) in [7, 11) is 0. The molecule has 0 aromatic heterocycles. The van der Waals surface area contributed by atoms with E-state index in [1.54, 1.807) is 0 Å². The Bertz CT molecular complexity index is 679. The van der Waals surface area contributed by atoms with E-state index >= 15 is 0 Å². The number of hydrogen-bond donors (Lipinski definition) is 2. The molecule has 1 heterocycles. The van der Waals surface area contributed by atoms with Crippen molar-refractivity contribution in [1.82, 2.24) is 0 Å². The zero-order chi connectivity index (χ0) is 14.8. The van der Waals surface area contributed by atoms with E-state index in [0.29, 0.717) is 0 Å². The van der Waals surface area contributed by atoms with Crippen molar-refractivity contribution in [2.75, 3.05) is 10.6 Å². The summed E-state index contributed by atoms with van der Waals surface area (Å²) in [6.45, 7) is 4.13. The smallest absolute Gasteiger partial charge is 0.246 e. The number of anilines is 2. The third-order valence-corrected chi connectivity index (χ3v) is 4.14. The van der Waals surface area contributed by atoms with E-state index in [1.807, 2.05) is 36.4 Å². The molecule has 2 N–H and O–H groups in total. The molecule has 1 aliphatic rings. The second-order valence-electron chi connectivity index (χ2n) is 5.68. The van der Waals surface area contributed by atoms with Crippen molar-refractivity contribution in [3.63, 3.8) is 0 Å². The van der Waals surface area contributed by atoms with Gasteiger partial charge in [-0.25, -0.2) is 0 Å². The lowest BCUT2D eigenvalue weighted by Crippen LogP contribution is -2.37. The van der Waals surface area contributed by atoms with Gasteiger partial charge < -0.3 is 10.6 Å². The van der Waals surface area contributed by atoms with Crippen molar-refractivity contribution in [2.24, 2.45) is 0 Å². The Morgan fingerprint density at radius 2 is 1.95 bits per heavy atom. The molecule has 2 aromatic rings. The van der Waals surface area contributed by atoms with E-state index in [4.69, 9.17) is 0 Å². The van der Waals surface area contributed by atoms with Crippen LogP contribution in [0.1, 0.15) is 23.1 Å². The van der Waals surface area contributed by atoms with Crippen LogP contribution in [0.2, 0.25) is 0 Å². The van der Waals surface area contributed by atoms with Gasteiger partial charge in [-0.05, 0) is 61.6 Å². The highest BCUT2D eigenvalue weighted by Gasteiger charge is 2.23. The lowest BCUT2D eigenvalue weighted by molar-refractivity contribution is -0.117. The molecule has 0 radical (unpaired) electrons. The minimum atomic E-state index is -0.165. The number of amides is 1. The van der Waals surface area contributed by atoms with Crippen molar-refractivity contribution in [3.05, 3.63) is 59.2 Å². The first-order valence-corrected chi connectivity index (χ1v) is 7.36. The summed E-state index contributed by atoms with van der Waals surface area (Å²) >= 11 is 0. The summed E-state index contributed by atoms with van der Waals surface area (Å²) in [6, 6.07) is 14.0. The van der Waals surface area contributed by atoms with Gasteiger partial charge in [0.2, 0.25) is 5.91 Å². The average molecular weight is 280 g/mol. The zero-order valence-corrected chi connectivity index (χ0v) is 12.4. The summed E-state index contributed by atoms with van der Waals surface area (Å²) in [5.41, 5.74) is 5.65. The fourth-order valence-corrected chi connectivity index (χ4v) is 2.68. The molecule has 0 saturated heterocycles. The predicted molar refractivity (Wildman–Crippen MR) is 86.7 cm³/mol. The number of para-hydroxylation sites is 1. The molecule has 0 saturated carbocycles. The summed E-state index contributed by atoms with van der Waals surface area (Å²) in [5, 5.41) is 6.34. The normalized spacial score (nSPS) is 16.8. The fraction of sp³-hybridized carbons (Fsp3) is 0.278. The first-order valence-electron chi connectivity index (χ1n) is 7.36. The third kappa shape index (κ3) is 2.92. The molecule has 3 heteroatoms. The van der Waals surface area contributed by atoms with Gasteiger partial charge in [-0.1, -0.05) is 24.3 Å². The van der Waals surface area contributed by atoms with E-state index in [9.17, 15) is 4.79 Å². The molecule has 1 amide bonds. The third-order valence-electron chi connectivity index (χ3n) is 4.14. The van der Waals surface area contributed by atoms with E-state index < -0.39 is 0 Å². The molecule has 0 aliphatic carbocycles. The highest BCUT2D eigenvalue weighted by molar-refractivity contribution is 5.97. The van der Waals surface area contributed by atoms with Crippen molar-refractivity contribution in [2.45, 2.75) is 32.7 Å². The monoisotopic (exact) mass is 280 g/mol. The second-order valence-corrected chi connectivity index (χ2v) is 5.68. The maximum atomic E-state index is 12.4. The lowest BCUT2D eigenvalue weighted by atomic mass is 9.97. The molecule has 108 valence electrons. The SMILES string of the molecule is Cc1ccc(NC(=O)C2CCc3ccccc3N2)cc1C. The predicted octanol–water partition coefficient (Wildman–Crippen LogP) is 3.67. The van der Waals surface area contributed by atoms with Gasteiger partial charge in [-0.3, -0.25) is 4.79 Å². The van der Waals surface area contributed by atoms with E-state index in [2.05, 4.69) is 30.5 Å². The molecule has 3 rings (SSSR count). The van der Waals surface area contributed by atoms with Gasteiger partial charge in [-0.2, -0.15) is 0 Å². The van der Waals surface area contributed by atoms with Gasteiger partial charge in [0.25, 0.3) is 0 Å². The molecule has 1 aliphatic heterocycles.